The van der Waals surface area contributed by atoms with Crippen LogP contribution in [0, 0.1) is 5.41 Å². The average molecular weight is 398 g/mol. The van der Waals surface area contributed by atoms with Crippen LogP contribution < -0.4 is 16.4 Å². The molecule has 1 atom stereocenters. The van der Waals surface area contributed by atoms with Crippen LogP contribution in [0.25, 0.3) is 11.2 Å². The van der Waals surface area contributed by atoms with E-state index in [2.05, 4.69) is 43.2 Å². The van der Waals surface area contributed by atoms with Crippen LogP contribution in [0.15, 0.2) is 12.7 Å². The molecule has 0 aliphatic rings. The van der Waals surface area contributed by atoms with Crippen molar-refractivity contribution in [2.24, 2.45) is 5.41 Å². The molecule has 0 aliphatic heterocycles. The number of imidazole rings is 1. The number of aromatic nitrogens is 4. The summed E-state index contributed by atoms with van der Waals surface area (Å²) in [6.45, 7) is 6.06. The SMILES string of the molecule is CC(C)(C)[C@@H](O)C(=O)NCCC(=O)NCCS.Nc1ncnc2nc[nH]c12. The fraction of sp³-hybridized carbons (Fsp3) is 0.562. The van der Waals surface area contributed by atoms with Crippen molar-refractivity contribution in [2.75, 3.05) is 24.6 Å². The molecule has 150 valence electrons. The molecule has 0 aliphatic carbocycles. The van der Waals surface area contributed by atoms with E-state index < -0.39 is 17.4 Å². The first-order valence-electron chi connectivity index (χ1n) is 8.39. The number of rotatable bonds is 6. The van der Waals surface area contributed by atoms with Crippen molar-refractivity contribution in [2.45, 2.75) is 33.3 Å². The van der Waals surface area contributed by atoms with Gasteiger partial charge in [-0.3, -0.25) is 9.59 Å². The van der Waals surface area contributed by atoms with Gasteiger partial charge < -0.3 is 26.5 Å². The zero-order valence-electron chi connectivity index (χ0n) is 15.7. The second-order valence-corrected chi connectivity index (χ2v) is 7.19. The van der Waals surface area contributed by atoms with Gasteiger partial charge in [-0.25, -0.2) is 15.0 Å². The molecule has 27 heavy (non-hydrogen) atoms. The molecule has 6 N–H and O–H groups in total. The largest absolute Gasteiger partial charge is 0.383 e. The van der Waals surface area contributed by atoms with E-state index in [9.17, 15) is 14.7 Å². The Kier molecular flexibility index (Phi) is 8.95. The van der Waals surface area contributed by atoms with Gasteiger partial charge >= 0.3 is 0 Å². The van der Waals surface area contributed by atoms with Crippen LogP contribution in [0.4, 0.5) is 5.82 Å². The van der Waals surface area contributed by atoms with Crippen molar-refractivity contribution in [3.8, 4) is 0 Å². The van der Waals surface area contributed by atoms with Gasteiger partial charge in [0.05, 0.1) is 6.33 Å². The maximum Gasteiger partial charge on any atom is 0.249 e. The molecule has 0 saturated carbocycles. The Morgan fingerprint density at radius 3 is 2.56 bits per heavy atom. The van der Waals surface area contributed by atoms with Crippen LogP contribution in [0.5, 0.6) is 0 Å². The third-order valence-corrected chi connectivity index (χ3v) is 3.63. The second-order valence-electron chi connectivity index (χ2n) is 6.74. The first-order valence-corrected chi connectivity index (χ1v) is 9.03. The first-order chi connectivity index (χ1) is 12.7. The number of hydrogen-bond acceptors (Lipinski definition) is 8. The summed E-state index contributed by atoms with van der Waals surface area (Å²) in [5.74, 6) is 0.437. The molecular formula is C16H27N7O3S. The van der Waals surface area contributed by atoms with Gasteiger partial charge in [-0.1, -0.05) is 20.8 Å². The molecule has 2 heterocycles. The van der Waals surface area contributed by atoms with Gasteiger partial charge in [0.25, 0.3) is 0 Å². The smallest absolute Gasteiger partial charge is 0.249 e. The number of aliphatic hydroxyl groups excluding tert-OH is 1. The van der Waals surface area contributed by atoms with Crippen molar-refractivity contribution in [3.63, 3.8) is 0 Å². The Balaban J connectivity index is 0.000000303. The van der Waals surface area contributed by atoms with Crippen molar-refractivity contribution in [1.29, 1.82) is 0 Å². The highest BCUT2D eigenvalue weighted by molar-refractivity contribution is 7.80. The van der Waals surface area contributed by atoms with E-state index in [1.165, 1.54) is 12.7 Å². The van der Waals surface area contributed by atoms with Crippen LogP contribution >= 0.6 is 12.6 Å². The van der Waals surface area contributed by atoms with Crippen LogP contribution in [0.3, 0.4) is 0 Å². The van der Waals surface area contributed by atoms with Gasteiger partial charge in [0, 0.05) is 25.3 Å². The summed E-state index contributed by atoms with van der Waals surface area (Å²) >= 11 is 3.96. The van der Waals surface area contributed by atoms with E-state index in [1.807, 2.05) is 0 Å². The minimum absolute atomic E-state index is 0.135. The number of nitrogen functional groups attached to an aromatic ring is 1. The Bertz CT molecular complexity index is 745. The van der Waals surface area contributed by atoms with Gasteiger partial charge in [0.1, 0.15) is 17.9 Å². The van der Waals surface area contributed by atoms with E-state index >= 15 is 0 Å². The molecule has 2 amide bonds. The summed E-state index contributed by atoms with van der Waals surface area (Å²) in [4.78, 5) is 37.0. The van der Waals surface area contributed by atoms with E-state index in [4.69, 9.17) is 5.73 Å². The lowest BCUT2D eigenvalue weighted by Crippen LogP contribution is -2.43. The minimum Gasteiger partial charge on any atom is -0.383 e. The van der Waals surface area contributed by atoms with Crippen LogP contribution in [0.1, 0.15) is 27.2 Å². The quantitative estimate of drug-likeness (QED) is 0.371. The molecule has 2 aromatic rings. The topological polar surface area (TPSA) is 159 Å². The Hall–Kier alpha value is -2.40. The summed E-state index contributed by atoms with van der Waals surface area (Å²) in [6, 6.07) is 0. The molecule has 11 heteroatoms. The van der Waals surface area contributed by atoms with E-state index in [0.717, 1.165) is 0 Å². The zero-order valence-corrected chi connectivity index (χ0v) is 16.6. The van der Waals surface area contributed by atoms with Crippen LogP contribution in [-0.2, 0) is 9.59 Å². The number of H-pyrrole nitrogens is 1. The lowest BCUT2D eigenvalue weighted by molar-refractivity contribution is -0.134. The number of anilines is 1. The summed E-state index contributed by atoms with van der Waals surface area (Å²) in [5, 5.41) is 14.8. The first kappa shape index (κ1) is 22.6. The molecule has 0 aromatic carbocycles. The highest BCUT2D eigenvalue weighted by Gasteiger charge is 2.28. The summed E-state index contributed by atoms with van der Waals surface area (Å²) < 4.78 is 0. The molecule has 0 saturated heterocycles. The van der Waals surface area contributed by atoms with E-state index in [1.54, 1.807) is 20.8 Å². The number of carbonyl (C=O) groups is 2. The van der Waals surface area contributed by atoms with Crippen molar-refractivity contribution in [1.82, 2.24) is 30.6 Å². The van der Waals surface area contributed by atoms with Gasteiger partial charge in [0.2, 0.25) is 11.8 Å². The number of thiol groups is 1. The van der Waals surface area contributed by atoms with Crippen molar-refractivity contribution >= 4 is 41.4 Å². The highest BCUT2D eigenvalue weighted by Crippen LogP contribution is 2.18. The molecular weight excluding hydrogens is 370 g/mol. The zero-order chi connectivity index (χ0) is 20.4. The fourth-order valence-corrected chi connectivity index (χ4v) is 1.97. The molecule has 0 fully saturated rings. The van der Waals surface area contributed by atoms with E-state index in [-0.39, 0.29) is 18.9 Å². The number of aliphatic hydroxyl groups is 1. The Labute approximate surface area is 163 Å². The number of hydrogen-bond donors (Lipinski definition) is 6. The summed E-state index contributed by atoms with van der Waals surface area (Å²) in [5.41, 5.74) is 6.28. The number of nitrogens with two attached hydrogens (primary N) is 1. The maximum atomic E-state index is 11.5. The normalized spacial score (nSPS) is 12.0. The van der Waals surface area contributed by atoms with Crippen molar-refractivity contribution < 1.29 is 14.7 Å². The average Bonchev–Trinajstić information content (AvgIpc) is 3.09. The molecule has 0 bridgehead atoms. The number of nitrogens with zero attached hydrogens (tertiary/aromatic N) is 3. The molecule has 0 spiro atoms. The number of aromatic amines is 1. The predicted octanol–water partition coefficient (Wildman–Crippen LogP) is -0.119. The fourth-order valence-electron chi connectivity index (χ4n) is 1.86. The van der Waals surface area contributed by atoms with Crippen molar-refractivity contribution in [3.05, 3.63) is 12.7 Å². The van der Waals surface area contributed by atoms with Gasteiger partial charge in [-0.05, 0) is 5.41 Å². The van der Waals surface area contributed by atoms with Gasteiger partial charge in [-0.2, -0.15) is 12.6 Å². The predicted molar refractivity (Wildman–Crippen MR) is 106 cm³/mol. The summed E-state index contributed by atoms with van der Waals surface area (Å²) in [7, 11) is 0. The number of amides is 2. The standard InChI is InChI=1S/C11H22N2O3S.C5H5N5/c1-11(2,3)9(15)10(16)13-5-4-8(14)12-6-7-17;6-4-3-5(9-1-7-3)10-2-8-4/h9,15,17H,4-7H2,1-3H3,(H,12,14)(H,13,16);1-2H,(H3,6,7,8,9,10)/t9-;/m0./s1. The minimum atomic E-state index is -1.07. The molecule has 0 radical (unpaired) electrons. The monoisotopic (exact) mass is 397 g/mol. The van der Waals surface area contributed by atoms with E-state index in [0.29, 0.717) is 29.3 Å². The highest BCUT2D eigenvalue weighted by atomic mass is 32.1. The van der Waals surface area contributed by atoms with Crippen LogP contribution in [0.2, 0.25) is 0 Å². The molecule has 2 rings (SSSR count). The molecule has 0 unspecified atom stereocenters. The molecule has 10 nitrogen and oxygen atoms in total. The third kappa shape index (κ3) is 7.79. The summed E-state index contributed by atoms with van der Waals surface area (Å²) in [6.07, 6.45) is 2.06. The lowest BCUT2D eigenvalue weighted by Gasteiger charge is -2.24. The number of fused-ring (bicyclic) bond motifs is 1. The van der Waals surface area contributed by atoms with Gasteiger partial charge in [0.15, 0.2) is 11.5 Å². The lowest BCUT2D eigenvalue weighted by atomic mass is 9.89. The second kappa shape index (κ2) is 10.7. The molecule has 2 aromatic heterocycles. The number of nitrogens with one attached hydrogen (secondary N) is 3. The van der Waals surface area contributed by atoms with Crippen LogP contribution in [-0.4, -0.2) is 61.8 Å². The Morgan fingerprint density at radius 1 is 1.26 bits per heavy atom. The third-order valence-electron chi connectivity index (χ3n) is 3.41. The van der Waals surface area contributed by atoms with Gasteiger partial charge in [-0.15, -0.1) is 0 Å². The number of carbonyl (C=O) groups excluding carboxylic acids is 2. The Morgan fingerprint density at radius 2 is 1.96 bits per heavy atom. The maximum absolute atomic E-state index is 11.5.